The van der Waals surface area contributed by atoms with Crippen molar-refractivity contribution in [2.75, 3.05) is 19.7 Å². The largest absolute Gasteiger partial charge is 0.493 e. The monoisotopic (exact) mass is 253 g/mol. The maximum absolute atomic E-state index is 12.9. The molecule has 0 spiro atoms. The van der Waals surface area contributed by atoms with Crippen LogP contribution < -0.4 is 4.74 Å². The van der Waals surface area contributed by atoms with Gasteiger partial charge in [-0.25, -0.2) is 4.39 Å². The number of halogens is 1. The number of benzene rings is 1. The molecule has 2 rings (SSSR count). The molecule has 4 nitrogen and oxygen atoms in total. The van der Waals surface area contributed by atoms with Crippen molar-refractivity contribution in [2.45, 2.75) is 18.9 Å². The van der Waals surface area contributed by atoms with Crippen molar-refractivity contribution in [3.8, 4) is 5.75 Å². The zero-order valence-corrected chi connectivity index (χ0v) is 10.0. The third kappa shape index (κ3) is 3.43. The number of nitrogens with zero attached hydrogens (tertiary/aromatic N) is 1. The summed E-state index contributed by atoms with van der Waals surface area (Å²) in [6.45, 7) is 1.22. The second kappa shape index (κ2) is 5.82. The van der Waals surface area contributed by atoms with Crippen molar-refractivity contribution in [3.63, 3.8) is 0 Å². The Morgan fingerprint density at radius 3 is 3.06 bits per heavy atom. The summed E-state index contributed by atoms with van der Waals surface area (Å²) in [6.07, 6.45) is 0.470. The highest BCUT2D eigenvalue weighted by molar-refractivity contribution is 5.76. The summed E-state index contributed by atoms with van der Waals surface area (Å²) in [5.74, 6) is 0.0219. The van der Waals surface area contributed by atoms with Gasteiger partial charge in [-0.15, -0.1) is 0 Å². The summed E-state index contributed by atoms with van der Waals surface area (Å²) >= 11 is 0. The lowest BCUT2D eigenvalue weighted by Crippen LogP contribution is -2.30. The number of ether oxygens (including phenoxy) is 1. The number of aliphatic hydroxyl groups is 1. The van der Waals surface area contributed by atoms with E-state index >= 15 is 0 Å². The lowest BCUT2D eigenvalue weighted by Gasteiger charge is -2.15. The highest BCUT2D eigenvalue weighted by atomic mass is 19.1. The van der Waals surface area contributed by atoms with E-state index < -0.39 is 6.10 Å². The first-order chi connectivity index (χ1) is 8.65. The molecule has 1 aliphatic heterocycles. The van der Waals surface area contributed by atoms with Crippen molar-refractivity contribution < 1.29 is 19.0 Å². The standard InChI is InChI=1S/C13H16FNO3/c14-10-2-1-3-12(8-10)18-7-5-13(17)15-6-4-11(16)9-15/h1-3,8,11,16H,4-7,9H2/t11-/m0/s1. The van der Waals surface area contributed by atoms with E-state index in [0.29, 0.717) is 25.3 Å². The molecule has 1 aromatic carbocycles. The fourth-order valence-electron chi connectivity index (χ4n) is 1.94. The molecule has 1 heterocycles. The molecule has 1 aromatic rings. The van der Waals surface area contributed by atoms with E-state index in [1.54, 1.807) is 17.0 Å². The highest BCUT2D eigenvalue weighted by Crippen LogP contribution is 2.13. The van der Waals surface area contributed by atoms with Crippen LogP contribution in [0.2, 0.25) is 0 Å². The average molecular weight is 253 g/mol. The summed E-state index contributed by atoms with van der Waals surface area (Å²) in [5, 5.41) is 9.32. The van der Waals surface area contributed by atoms with Crippen LogP contribution in [0.5, 0.6) is 5.75 Å². The molecule has 0 radical (unpaired) electrons. The number of β-amino-alcohol motifs (C(OH)–C–C–N with tert-alkyl or cyclic N) is 1. The summed E-state index contributed by atoms with van der Waals surface area (Å²) in [7, 11) is 0. The lowest BCUT2D eigenvalue weighted by molar-refractivity contribution is -0.131. The Bertz CT molecular complexity index is 424. The first kappa shape index (κ1) is 12.8. The normalized spacial score (nSPS) is 19.0. The van der Waals surface area contributed by atoms with Crippen molar-refractivity contribution in [2.24, 2.45) is 0 Å². The van der Waals surface area contributed by atoms with Gasteiger partial charge < -0.3 is 14.7 Å². The van der Waals surface area contributed by atoms with Crippen molar-refractivity contribution in [1.29, 1.82) is 0 Å². The molecular weight excluding hydrogens is 237 g/mol. The molecule has 0 aliphatic carbocycles. The van der Waals surface area contributed by atoms with Crippen LogP contribution in [-0.4, -0.2) is 41.7 Å². The molecule has 0 unspecified atom stereocenters. The minimum absolute atomic E-state index is 0.0389. The second-order valence-corrected chi connectivity index (χ2v) is 4.34. The zero-order valence-electron chi connectivity index (χ0n) is 10.0. The molecule has 1 aliphatic rings. The Morgan fingerprint density at radius 2 is 2.39 bits per heavy atom. The van der Waals surface area contributed by atoms with E-state index in [-0.39, 0.29) is 24.8 Å². The van der Waals surface area contributed by atoms with E-state index in [9.17, 15) is 14.3 Å². The topological polar surface area (TPSA) is 49.8 Å². The molecular formula is C13H16FNO3. The average Bonchev–Trinajstić information content (AvgIpc) is 2.76. The van der Waals surface area contributed by atoms with Gasteiger partial charge in [-0.2, -0.15) is 0 Å². The van der Waals surface area contributed by atoms with Crippen molar-refractivity contribution in [1.82, 2.24) is 4.90 Å². The third-order valence-electron chi connectivity index (χ3n) is 2.90. The van der Waals surface area contributed by atoms with Crippen LogP contribution in [0.25, 0.3) is 0 Å². The Morgan fingerprint density at radius 1 is 1.56 bits per heavy atom. The van der Waals surface area contributed by atoms with E-state index in [4.69, 9.17) is 4.74 Å². The molecule has 98 valence electrons. The number of aliphatic hydroxyl groups excluding tert-OH is 1. The molecule has 0 saturated carbocycles. The number of rotatable bonds is 4. The molecule has 0 aromatic heterocycles. The summed E-state index contributed by atoms with van der Waals surface area (Å²) in [4.78, 5) is 13.3. The number of likely N-dealkylation sites (tertiary alicyclic amines) is 1. The van der Waals surface area contributed by atoms with E-state index in [1.807, 2.05) is 0 Å². The van der Waals surface area contributed by atoms with Gasteiger partial charge in [0.25, 0.3) is 0 Å². The first-order valence-electron chi connectivity index (χ1n) is 5.99. The van der Waals surface area contributed by atoms with Crippen LogP contribution >= 0.6 is 0 Å². The molecule has 1 atom stereocenters. The number of carbonyl (C=O) groups excluding carboxylic acids is 1. The SMILES string of the molecule is O=C(CCOc1cccc(F)c1)N1CC[C@H](O)C1. The Balaban J connectivity index is 1.73. The zero-order chi connectivity index (χ0) is 13.0. The van der Waals surface area contributed by atoms with Crippen LogP contribution in [0.1, 0.15) is 12.8 Å². The Kier molecular flexibility index (Phi) is 4.15. The van der Waals surface area contributed by atoms with Crippen LogP contribution in [0.3, 0.4) is 0 Å². The minimum Gasteiger partial charge on any atom is -0.493 e. The molecule has 5 heteroatoms. The quantitative estimate of drug-likeness (QED) is 0.876. The summed E-state index contributed by atoms with van der Waals surface area (Å²) in [6, 6.07) is 5.82. The molecule has 1 fully saturated rings. The van der Waals surface area contributed by atoms with Gasteiger partial charge in [0.05, 0.1) is 19.1 Å². The molecule has 1 N–H and O–H groups in total. The van der Waals surface area contributed by atoms with E-state index in [1.165, 1.54) is 12.1 Å². The van der Waals surface area contributed by atoms with Crippen molar-refractivity contribution in [3.05, 3.63) is 30.1 Å². The van der Waals surface area contributed by atoms with Gasteiger partial charge in [-0.05, 0) is 18.6 Å². The van der Waals surface area contributed by atoms with Crippen molar-refractivity contribution >= 4 is 5.91 Å². The number of hydrogen-bond acceptors (Lipinski definition) is 3. The van der Waals surface area contributed by atoms with Gasteiger partial charge in [0.2, 0.25) is 5.91 Å². The first-order valence-corrected chi connectivity index (χ1v) is 5.99. The van der Waals surface area contributed by atoms with Gasteiger partial charge in [-0.1, -0.05) is 6.07 Å². The van der Waals surface area contributed by atoms with Crippen LogP contribution in [0.4, 0.5) is 4.39 Å². The van der Waals surface area contributed by atoms with Gasteiger partial charge in [0, 0.05) is 19.2 Å². The third-order valence-corrected chi connectivity index (χ3v) is 2.90. The Labute approximate surface area is 105 Å². The maximum Gasteiger partial charge on any atom is 0.226 e. The number of carbonyl (C=O) groups is 1. The van der Waals surface area contributed by atoms with Crippen LogP contribution in [-0.2, 0) is 4.79 Å². The predicted octanol–water partition coefficient (Wildman–Crippen LogP) is 1.19. The number of hydrogen-bond donors (Lipinski definition) is 1. The minimum atomic E-state index is -0.405. The number of amides is 1. The predicted molar refractivity (Wildman–Crippen MR) is 63.7 cm³/mol. The van der Waals surface area contributed by atoms with Crippen LogP contribution in [0, 0.1) is 5.82 Å². The van der Waals surface area contributed by atoms with Gasteiger partial charge >= 0.3 is 0 Å². The summed E-state index contributed by atoms with van der Waals surface area (Å²) in [5.41, 5.74) is 0. The second-order valence-electron chi connectivity index (χ2n) is 4.34. The highest BCUT2D eigenvalue weighted by Gasteiger charge is 2.23. The fourth-order valence-corrected chi connectivity index (χ4v) is 1.94. The Hall–Kier alpha value is -1.62. The van der Waals surface area contributed by atoms with Gasteiger partial charge in [0.15, 0.2) is 0 Å². The molecule has 1 saturated heterocycles. The smallest absolute Gasteiger partial charge is 0.226 e. The maximum atomic E-state index is 12.9. The lowest BCUT2D eigenvalue weighted by atomic mass is 10.3. The van der Waals surface area contributed by atoms with Gasteiger partial charge in [0.1, 0.15) is 11.6 Å². The summed E-state index contributed by atoms with van der Waals surface area (Å²) < 4.78 is 18.2. The molecule has 0 bridgehead atoms. The molecule has 1 amide bonds. The molecule has 18 heavy (non-hydrogen) atoms. The fraction of sp³-hybridized carbons (Fsp3) is 0.462. The van der Waals surface area contributed by atoms with E-state index in [2.05, 4.69) is 0 Å². The van der Waals surface area contributed by atoms with Gasteiger partial charge in [-0.3, -0.25) is 4.79 Å². The van der Waals surface area contributed by atoms with Crippen LogP contribution in [0.15, 0.2) is 24.3 Å². The van der Waals surface area contributed by atoms with E-state index in [0.717, 1.165) is 0 Å².